The fourth-order valence-corrected chi connectivity index (χ4v) is 1.43. The number of aromatic amines is 1. The summed E-state index contributed by atoms with van der Waals surface area (Å²) in [5.41, 5.74) is 0.266. The van der Waals surface area contributed by atoms with Crippen molar-refractivity contribution in [3.63, 3.8) is 0 Å². The van der Waals surface area contributed by atoms with E-state index < -0.39 is 5.82 Å². The van der Waals surface area contributed by atoms with Crippen molar-refractivity contribution >= 4 is 38.4 Å². The summed E-state index contributed by atoms with van der Waals surface area (Å²) >= 11 is 8.58. The number of H-pyrrole nitrogens is 1. The molecule has 0 atom stereocenters. The first-order valence-electron chi connectivity index (χ1n) is 3.03. The third kappa shape index (κ3) is 1.01. The highest BCUT2D eigenvalue weighted by molar-refractivity contribution is 9.10. The van der Waals surface area contributed by atoms with Crippen molar-refractivity contribution in [1.29, 1.82) is 0 Å². The maximum absolute atomic E-state index is 13.1. The summed E-state index contributed by atoms with van der Waals surface area (Å²) in [6.07, 6.45) is 1.45. The van der Waals surface area contributed by atoms with Gasteiger partial charge in [-0.25, -0.2) is 9.37 Å². The Labute approximate surface area is 80.1 Å². The Morgan fingerprint density at radius 3 is 3.08 bits per heavy atom. The number of pyridine rings is 1. The first kappa shape index (κ1) is 7.94. The predicted molar refractivity (Wildman–Crippen MR) is 46.6 cm³/mol. The van der Waals surface area contributed by atoms with E-state index in [2.05, 4.69) is 31.1 Å². The minimum Gasteiger partial charge on any atom is -0.274 e. The van der Waals surface area contributed by atoms with Crippen molar-refractivity contribution in [2.75, 3.05) is 0 Å². The Balaban J connectivity index is 2.93. The summed E-state index contributed by atoms with van der Waals surface area (Å²) in [6.45, 7) is 0. The van der Waals surface area contributed by atoms with Crippen molar-refractivity contribution in [2.45, 2.75) is 0 Å². The van der Waals surface area contributed by atoms with Crippen LogP contribution in [-0.4, -0.2) is 15.2 Å². The largest absolute Gasteiger partial charge is 0.274 e. The lowest BCUT2D eigenvalue weighted by molar-refractivity contribution is 0.631. The Morgan fingerprint density at radius 2 is 2.33 bits per heavy atom. The molecule has 2 rings (SSSR count). The molecule has 0 fully saturated rings. The van der Waals surface area contributed by atoms with Crippen LogP contribution >= 0.6 is 27.5 Å². The molecule has 0 aliphatic carbocycles. The average molecular weight is 250 g/mol. The number of hydrogen-bond acceptors (Lipinski definition) is 2. The van der Waals surface area contributed by atoms with Crippen molar-refractivity contribution in [3.8, 4) is 0 Å². The molecule has 0 aromatic carbocycles. The van der Waals surface area contributed by atoms with Gasteiger partial charge < -0.3 is 0 Å². The van der Waals surface area contributed by atoms with E-state index in [1.807, 2.05) is 0 Å². The zero-order chi connectivity index (χ0) is 8.72. The second-order valence-electron chi connectivity index (χ2n) is 2.17. The fraction of sp³-hybridized carbons (Fsp3) is 0. The number of nitrogens with one attached hydrogen (secondary N) is 1. The molecular weight excluding hydrogens is 248 g/mol. The molecule has 0 amide bonds. The lowest BCUT2D eigenvalue weighted by Gasteiger charge is -1.92. The van der Waals surface area contributed by atoms with Crippen molar-refractivity contribution < 1.29 is 4.39 Å². The van der Waals surface area contributed by atoms with Gasteiger partial charge in [-0.1, -0.05) is 11.6 Å². The molecule has 6 heteroatoms. The fourth-order valence-electron chi connectivity index (χ4n) is 0.895. The van der Waals surface area contributed by atoms with E-state index in [-0.39, 0.29) is 10.7 Å². The van der Waals surface area contributed by atoms with Gasteiger partial charge in [-0.05, 0) is 15.9 Å². The highest BCUT2D eigenvalue weighted by atomic mass is 79.9. The molecule has 0 spiro atoms. The molecule has 0 aliphatic rings. The van der Waals surface area contributed by atoms with Crippen LogP contribution in [0, 0.1) is 5.82 Å². The molecule has 2 heterocycles. The topological polar surface area (TPSA) is 41.6 Å². The zero-order valence-electron chi connectivity index (χ0n) is 5.61. The summed E-state index contributed by atoms with van der Waals surface area (Å²) < 4.78 is 13.7. The Hall–Kier alpha value is -0.680. The molecule has 2 aromatic heterocycles. The van der Waals surface area contributed by atoms with E-state index >= 15 is 0 Å². The van der Waals surface area contributed by atoms with Crippen LogP contribution in [0.15, 0.2) is 10.8 Å². The molecule has 0 saturated carbocycles. The Morgan fingerprint density at radius 1 is 1.58 bits per heavy atom. The van der Waals surface area contributed by atoms with E-state index in [9.17, 15) is 4.39 Å². The highest BCUT2D eigenvalue weighted by Crippen LogP contribution is 2.25. The van der Waals surface area contributed by atoms with Gasteiger partial charge in [0.25, 0.3) is 0 Å². The normalized spacial score (nSPS) is 10.9. The summed E-state index contributed by atoms with van der Waals surface area (Å²) in [4.78, 5) is 3.64. The smallest absolute Gasteiger partial charge is 0.186 e. The maximum atomic E-state index is 13.1. The Bertz CT molecular complexity index is 442. The molecular formula is C6H2BrClFN3. The van der Waals surface area contributed by atoms with Crippen molar-refractivity contribution in [3.05, 3.63) is 21.8 Å². The van der Waals surface area contributed by atoms with Crippen LogP contribution < -0.4 is 0 Å². The van der Waals surface area contributed by atoms with Gasteiger partial charge in [0.15, 0.2) is 11.0 Å². The summed E-state index contributed by atoms with van der Waals surface area (Å²) in [5.74, 6) is -0.577. The van der Waals surface area contributed by atoms with E-state index in [4.69, 9.17) is 11.6 Å². The third-order valence-electron chi connectivity index (χ3n) is 1.47. The van der Waals surface area contributed by atoms with Gasteiger partial charge in [0.2, 0.25) is 0 Å². The molecule has 62 valence electrons. The number of halogens is 3. The average Bonchev–Trinajstić information content (AvgIpc) is 2.41. The first-order valence-corrected chi connectivity index (χ1v) is 4.21. The van der Waals surface area contributed by atoms with Crippen LogP contribution in [0.25, 0.3) is 10.9 Å². The minimum atomic E-state index is -0.577. The van der Waals surface area contributed by atoms with Crippen LogP contribution in [0.2, 0.25) is 5.15 Å². The van der Waals surface area contributed by atoms with Gasteiger partial charge >= 0.3 is 0 Å². The van der Waals surface area contributed by atoms with Crippen LogP contribution in [0.1, 0.15) is 0 Å². The van der Waals surface area contributed by atoms with Gasteiger partial charge in [-0.3, -0.25) is 5.10 Å². The molecule has 1 N–H and O–H groups in total. The van der Waals surface area contributed by atoms with Crippen molar-refractivity contribution in [1.82, 2.24) is 15.2 Å². The lowest BCUT2D eigenvalue weighted by atomic mass is 10.3. The summed E-state index contributed by atoms with van der Waals surface area (Å²) in [7, 11) is 0. The van der Waals surface area contributed by atoms with Crippen LogP contribution in [-0.2, 0) is 0 Å². The first-order chi connectivity index (χ1) is 5.70. The van der Waals surface area contributed by atoms with Gasteiger partial charge in [0.05, 0.1) is 5.39 Å². The van der Waals surface area contributed by atoms with Gasteiger partial charge in [-0.15, -0.1) is 0 Å². The summed E-state index contributed by atoms with van der Waals surface area (Å²) in [6, 6.07) is 0. The number of nitrogens with zero attached hydrogens (tertiary/aromatic N) is 2. The molecule has 0 unspecified atom stereocenters. The van der Waals surface area contributed by atoms with Gasteiger partial charge in [-0.2, -0.15) is 5.10 Å². The molecule has 0 bridgehead atoms. The van der Waals surface area contributed by atoms with Crippen molar-refractivity contribution in [2.24, 2.45) is 0 Å². The third-order valence-corrected chi connectivity index (χ3v) is 2.33. The monoisotopic (exact) mass is 249 g/mol. The van der Waals surface area contributed by atoms with Gasteiger partial charge in [0, 0.05) is 6.20 Å². The van der Waals surface area contributed by atoms with Crippen LogP contribution in [0.3, 0.4) is 0 Å². The molecule has 0 radical (unpaired) electrons. The minimum absolute atomic E-state index is 0.154. The quantitative estimate of drug-likeness (QED) is 0.730. The molecule has 0 aliphatic heterocycles. The van der Waals surface area contributed by atoms with Crippen LogP contribution in [0.4, 0.5) is 4.39 Å². The van der Waals surface area contributed by atoms with Gasteiger partial charge in [0.1, 0.15) is 10.1 Å². The second-order valence-corrected chi connectivity index (χ2v) is 3.28. The van der Waals surface area contributed by atoms with E-state index in [1.165, 1.54) is 6.20 Å². The Kier molecular flexibility index (Phi) is 1.77. The van der Waals surface area contributed by atoms with E-state index in [0.717, 1.165) is 0 Å². The standard InChI is InChI=1S/C6H2BrClFN3/c7-5-2-1-10-6(8)3(9)4(2)11-12-5/h1H,(H,11,12). The number of hydrogen-bond donors (Lipinski definition) is 1. The number of aromatic nitrogens is 3. The number of rotatable bonds is 0. The maximum Gasteiger partial charge on any atom is 0.186 e. The molecule has 3 nitrogen and oxygen atoms in total. The highest BCUT2D eigenvalue weighted by Gasteiger charge is 2.11. The molecule has 2 aromatic rings. The second kappa shape index (κ2) is 2.67. The van der Waals surface area contributed by atoms with E-state index in [0.29, 0.717) is 9.99 Å². The lowest BCUT2D eigenvalue weighted by Crippen LogP contribution is -1.83. The van der Waals surface area contributed by atoms with Crippen LogP contribution in [0.5, 0.6) is 0 Å². The van der Waals surface area contributed by atoms with E-state index in [1.54, 1.807) is 0 Å². The molecule has 0 saturated heterocycles. The summed E-state index contributed by atoms with van der Waals surface area (Å²) in [5, 5.41) is 6.68. The SMILES string of the molecule is Fc1c(Cl)ncc2c(Br)n[nH]c12. The zero-order valence-corrected chi connectivity index (χ0v) is 7.95. The number of fused-ring (bicyclic) bond motifs is 1. The predicted octanol–water partition coefficient (Wildman–Crippen LogP) is 2.51. The molecule has 12 heavy (non-hydrogen) atoms.